The summed E-state index contributed by atoms with van der Waals surface area (Å²) in [5.74, 6) is -1.20. The number of rotatable bonds is 1. The van der Waals surface area contributed by atoms with Gasteiger partial charge < -0.3 is 0 Å². The van der Waals surface area contributed by atoms with Crippen molar-refractivity contribution >= 4 is 13.3 Å². The third kappa shape index (κ3) is 2.81. The van der Waals surface area contributed by atoms with Crippen molar-refractivity contribution in [1.29, 1.82) is 0 Å². The van der Waals surface area contributed by atoms with E-state index in [0.29, 0.717) is 5.19 Å². The molecular weight excluding hydrogens is 224 g/mol. The lowest BCUT2D eigenvalue weighted by Gasteiger charge is -2.18. The number of alkyl halides is 3. The lowest BCUT2D eigenvalue weighted by atomic mass is 10.2. The maximum atomic E-state index is 12.9. The summed E-state index contributed by atoms with van der Waals surface area (Å²) in [7, 11) is -1.83. The Kier molecular flexibility index (Phi) is 2.96. The molecule has 1 aromatic carbocycles. The molecule has 1 aromatic rings. The second kappa shape index (κ2) is 3.63. The Hall–Kier alpha value is -0.843. The van der Waals surface area contributed by atoms with Crippen LogP contribution < -0.4 is 5.19 Å². The zero-order valence-electron chi connectivity index (χ0n) is 8.74. The molecule has 0 nitrogen and oxygen atoms in total. The maximum absolute atomic E-state index is 12.9. The van der Waals surface area contributed by atoms with Gasteiger partial charge in [0.05, 0.1) is 13.6 Å². The van der Waals surface area contributed by atoms with Gasteiger partial charge >= 0.3 is 6.18 Å². The Labute approximate surface area is 86.9 Å². The summed E-state index contributed by atoms with van der Waals surface area (Å²) in [6.07, 6.45) is -4.61. The average Bonchev–Trinajstić information content (AvgIpc) is 2.00. The van der Waals surface area contributed by atoms with Crippen molar-refractivity contribution in [2.24, 2.45) is 0 Å². The predicted molar refractivity (Wildman–Crippen MR) is 54.4 cm³/mol. The highest BCUT2D eigenvalue weighted by molar-refractivity contribution is 6.88. The maximum Gasteiger partial charge on any atom is 0.419 e. The van der Waals surface area contributed by atoms with E-state index in [-0.39, 0.29) is 0 Å². The molecule has 5 heteroatoms. The van der Waals surface area contributed by atoms with E-state index in [1.54, 1.807) is 0 Å². The lowest BCUT2D eigenvalue weighted by molar-refractivity contribution is -0.139. The van der Waals surface area contributed by atoms with E-state index >= 15 is 0 Å². The van der Waals surface area contributed by atoms with Gasteiger partial charge in [0.15, 0.2) is 0 Å². The SMILES string of the molecule is C[Si](C)(C)c1ccc(F)c(C(F)(F)F)c1. The van der Waals surface area contributed by atoms with Crippen molar-refractivity contribution in [3.8, 4) is 0 Å². The van der Waals surface area contributed by atoms with Gasteiger partial charge in [0, 0.05) is 0 Å². The number of halogens is 4. The summed E-state index contributed by atoms with van der Waals surface area (Å²) < 4.78 is 50.1. The van der Waals surface area contributed by atoms with Crippen molar-refractivity contribution in [2.75, 3.05) is 0 Å². The highest BCUT2D eigenvalue weighted by atomic mass is 28.3. The molecule has 84 valence electrons. The summed E-state index contributed by atoms with van der Waals surface area (Å²) in [5, 5.41) is 0.608. The van der Waals surface area contributed by atoms with Crippen molar-refractivity contribution in [3.63, 3.8) is 0 Å². The van der Waals surface area contributed by atoms with Gasteiger partial charge in [-0.05, 0) is 12.1 Å². The van der Waals surface area contributed by atoms with E-state index in [4.69, 9.17) is 0 Å². The fraction of sp³-hybridized carbons (Fsp3) is 0.400. The van der Waals surface area contributed by atoms with E-state index in [1.165, 1.54) is 6.07 Å². The van der Waals surface area contributed by atoms with Crippen LogP contribution in [0.4, 0.5) is 17.6 Å². The number of benzene rings is 1. The van der Waals surface area contributed by atoms with Crippen molar-refractivity contribution in [1.82, 2.24) is 0 Å². The molecule has 0 aliphatic rings. The Morgan fingerprint density at radius 1 is 1.07 bits per heavy atom. The zero-order chi connectivity index (χ0) is 11.9. The highest BCUT2D eigenvalue weighted by Gasteiger charge is 2.35. The second-order valence-electron chi connectivity index (χ2n) is 4.44. The Morgan fingerprint density at radius 2 is 1.60 bits per heavy atom. The third-order valence-electron chi connectivity index (χ3n) is 2.14. The first-order chi connectivity index (χ1) is 6.62. The van der Waals surface area contributed by atoms with Crippen LogP contribution in [-0.4, -0.2) is 8.07 Å². The molecule has 0 bridgehead atoms. The van der Waals surface area contributed by atoms with Crippen molar-refractivity contribution < 1.29 is 17.6 Å². The summed E-state index contributed by atoms with van der Waals surface area (Å²) in [6, 6.07) is 3.27. The first kappa shape index (κ1) is 12.2. The van der Waals surface area contributed by atoms with E-state index in [9.17, 15) is 17.6 Å². The molecule has 0 fully saturated rings. The molecule has 0 aromatic heterocycles. The molecule has 0 heterocycles. The molecule has 0 aliphatic carbocycles. The molecule has 0 N–H and O–H groups in total. The van der Waals surface area contributed by atoms with E-state index in [2.05, 4.69) is 0 Å². The first-order valence-corrected chi connectivity index (χ1v) is 7.99. The minimum atomic E-state index is -4.61. The van der Waals surface area contributed by atoms with Gasteiger partial charge in [0.25, 0.3) is 0 Å². The quantitative estimate of drug-likeness (QED) is 0.518. The van der Waals surface area contributed by atoms with Crippen LogP contribution in [-0.2, 0) is 6.18 Å². The van der Waals surface area contributed by atoms with E-state index in [0.717, 1.165) is 12.1 Å². The molecule has 15 heavy (non-hydrogen) atoms. The zero-order valence-corrected chi connectivity index (χ0v) is 9.74. The van der Waals surface area contributed by atoms with Crippen LogP contribution in [0.15, 0.2) is 18.2 Å². The number of hydrogen-bond donors (Lipinski definition) is 0. The smallest absolute Gasteiger partial charge is 0.206 e. The minimum absolute atomic E-state index is 0.608. The van der Waals surface area contributed by atoms with E-state index in [1.807, 2.05) is 19.6 Å². The van der Waals surface area contributed by atoms with Gasteiger partial charge in [-0.3, -0.25) is 0 Å². The first-order valence-electron chi connectivity index (χ1n) is 4.49. The van der Waals surface area contributed by atoms with Gasteiger partial charge in [0.2, 0.25) is 0 Å². The minimum Gasteiger partial charge on any atom is -0.206 e. The van der Waals surface area contributed by atoms with Gasteiger partial charge in [-0.2, -0.15) is 13.2 Å². The average molecular weight is 236 g/mol. The Balaban J connectivity index is 3.30. The van der Waals surface area contributed by atoms with Crippen LogP contribution in [0.1, 0.15) is 5.56 Å². The van der Waals surface area contributed by atoms with Crippen molar-refractivity contribution in [3.05, 3.63) is 29.6 Å². The van der Waals surface area contributed by atoms with Crippen LogP contribution in [0.5, 0.6) is 0 Å². The number of hydrogen-bond acceptors (Lipinski definition) is 0. The molecule has 0 saturated heterocycles. The van der Waals surface area contributed by atoms with Gasteiger partial charge in [0.1, 0.15) is 5.82 Å². The van der Waals surface area contributed by atoms with Gasteiger partial charge in [-0.15, -0.1) is 0 Å². The molecule has 0 saturated carbocycles. The van der Waals surface area contributed by atoms with Gasteiger partial charge in [-0.1, -0.05) is 30.9 Å². The molecule has 0 unspecified atom stereocenters. The molecule has 0 amide bonds. The third-order valence-corrected chi connectivity index (χ3v) is 4.18. The van der Waals surface area contributed by atoms with Crippen LogP contribution in [0.25, 0.3) is 0 Å². The topological polar surface area (TPSA) is 0 Å². The summed E-state index contributed by atoms with van der Waals surface area (Å²) >= 11 is 0. The van der Waals surface area contributed by atoms with Crippen LogP contribution >= 0.6 is 0 Å². The van der Waals surface area contributed by atoms with Crippen LogP contribution in [0.3, 0.4) is 0 Å². The van der Waals surface area contributed by atoms with Gasteiger partial charge in [-0.25, -0.2) is 4.39 Å². The lowest BCUT2D eigenvalue weighted by Crippen LogP contribution is -2.38. The largest absolute Gasteiger partial charge is 0.419 e. The molecule has 0 atom stereocenters. The summed E-state index contributed by atoms with van der Waals surface area (Å²) in [4.78, 5) is 0. The fourth-order valence-electron chi connectivity index (χ4n) is 1.21. The van der Waals surface area contributed by atoms with Crippen LogP contribution in [0.2, 0.25) is 19.6 Å². The van der Waals surface area contributed by atoms with Crippen LogP contribution in [0, 0.1) is 5.82 Å². The molecular formula is C10H12F4Si. The molecule has 1 rings (SSSR count). The molecule has 0 aliphatic heterocycles. The summed E-state index contributed by atoms with van der Waals surface area (Å²) in [5.41, 5.74) is -1.16. The Morgan fingerprint density at radius 3 is 2.00 bits per heavy atom. The van der Waals surface area contributed by atoms with Crippen molar-refractivity contribution in [2.45, 2.75) is 25.8 Å². The fourth-order valence-corrected chi connectivity index (χ4v) is 2.37. The monoisotopic (exact) mass is 236 g/mol. The highest BCUT2D eigenvalue weighted by Crippen LogP contribution is 2.30. The predicted octanol–water partition coefficient (Wildman–Crippen LogP) is 3.39. The normalized spacial score (nSPS) is 13.0. The molecule has 0 spiro atoms. The summed E-state index contributed by atoms with van der Waals surface area (Å²) in [6.45, 7) is 5.75. The molecule has 0 radical (unpaired) electrons. The second-order valence-corrected chi connectivity index (χ2v) is 9.52. The Bertz CT molecular complexity index is 363. The van der Waals surface area contributed by atoms with E-state index < -0.39 is 25.6 Å². The standard InChI is InChI=1S/C10H12F4Si/c1-15(2,3)7-4-5-9(11)8(6-7)10(12,13)14/h4-6H,1-3H3.